The van der Waals surface area contributed by atoms with Crippen LogP contribution in [0.1, 0.15) is 30.7 Å². The molecular formula is C21H23FN2O5S. The summed E-state index contributed by atoms with van der Waals surface area (Å²) in [6, 6.07) is 14.7. The van der Waals surface area contributed by atoms with E-state index in [1.807, 2.05) is 18.2 Å². The Morgan fingerprint density at radius 2 is 1.73 bits per heavy atom. The molecule has 1 saturated carbocycles. The first-order chi connectivity index (χ1) is 14.3. The van der Waals surface area contributed by atoms with Crippen molar-refractivity contribution in [1.82, 2.24) is 9.03 Å². The molecule has 1 aliphatic carbocycles. The van der Waals surface area contributed by atoms with E-state index >= 15 is 0 Å². The molecular weight excluding hydrogens is 411 g/mol. The first-order valence-corrected chi connectivity index (χ1v) is 11.2. The summed E-state index contributed by atoms with van der Waals surface area (Å²) in [7, 11) is -3.97. The molecule has 0 spiro atoms. The molecule has 2 aromatic rings. The molecule has 0 radical (unpaired) electrons. The molecule has 2 unspecified atom stereocenters. The smallest absolute Gasteiger partial charge is 0.325 e. The first-order valence-electron chi connectivity index (χ1n) is 9.80. The number of benzene rings is 2. The maximum atomic E-state index is 13.0. The van der Waals surface area contributed by atoms with Crippen LogP contribution in [-0.2, 0) is 15.0 Å². The zero-order valence-electron chi connectivity index (χ0n) is 16.2. The van der Waals surface area contributed by atoms with Crippen molar-refractivity contribution >= 4 is 16.2 Å². The van der Waals surface area contributed by atoms with Gasteiger partial charge in [0.05, 0.1) is 0 Å². The average molecular weight is 434 g/mol. The maximum absolute atomic E-state index is 13.0. The van der Waals surface area contributed by atoms with Crippen molar-refractivity contribution in [3.63, 3.8) is 0 Å². The summed E-state index contributed by atoms with van der Waals surface area (Å²) in [6.07, 6.45) is 0.949. The summed E-state index contributed by atoms with van der Waals surface area (Å²) in [5.74, 6) is -1.39. The lowest BCUT2D eigenvalue weighted by molar-refractivity contribution is -0.140. The van der Waals surface area contributed by atoms with Gasteiger partial charge in [-0.1, -0.05) is 30.3 Å². The Kier molecular flexibility index (Phi) is 5.52. The van der Waals surface area contributed by atoms with Crippen LogP contribution in [-0.4, -0.2) is 48.5 Å². The van der Waals surface area contributed by atoms with Gasteiger partial charge >= 0.3 is 5.97 Å². The molecule has 2 atom stereocenters. The lowest BCUT2D eigenvalue weighted by atomic mass is 10.1. The maximum Gasteiger partial charge on any atom is 0.325 e. The first kappa shape index (κ1) is 20.8. The molecule has 2 fully saturated rings. The minimum absolute atomic E-state index is 0.187. The van der Waals surface area contributed by atoms with Gasteiger partial charge in [-0.25, -0.2) is 4.39 Å². The molecule has 2 aromatic carbocycles. The fraction of sp³-hybridized carbons (Fsp3) is 0.381. The molecule has 4 rings (SSSR count). The fourth-order valence-corrected chi connectivity index (χ4v) is 5.53. The van der Waals surface area contributed by atoms with Crippen molar-refractivity contribution in [1.29, 1.82) is 0 Å². The van der Waals surface area contributed by atoms with E-state index in [0.29, 0.717) is 18.6 Å². The van der Waals surface area contributed by atoms with Crippen LogP contribution in [0.3, 0.4) is 0 Å². The number of aliphatic carboxylic acids is 1. The summed E-state index contributed by atoms with van der Waals surface area (Å²) in [5.41, 5.74) is -0.712. The Balaban J connectivity index is 1.38. The van der Waals surface area contributed by atoms with Crippen molar-refractivity contribution in [2.75, 3.05) is 13.1 Å². The SMILES string of the molecule is O=C(O)C1(NS(=O)(=O)N2CCC(Oc3ccc(F)cc3)CC2)CC1c1ccccc1. The van der Waals surface area contributed by atoms with Gasteiger partial charge < -0.3 is 9.84 Å². The molecule has 0 amide bonds. The summed E-state index contributed by atoms with van der Waals surface area (Å²) in [4.78, 5) is 11.9. The second kappa shape index (κ2) is 7.98. The van der Waals surface area contributed by atoms with Crippen LogP contribution in [0, 0.1) is 5.82 Å². The normalized spacial score (nSPS) is 25.0. The van der Waals surface area contributed by atoms with Gasteiger partial charge in [0.2, 0.25) is 0 Å². The largest absolute Gasteiger partial charge is 0.490 e. The van der Waals surface area contributed by atoms with E-state index in [9.17, 15) is 22.7 Å². The van der Waals surface area contributed by atoms with Crippen molar-refractivity contribution < 1.29 is 27.4 Å². The number of piperidine rings is 1. The van der Waals surface area contributed by atoms with Gasteiger partial charge in [-0.2, -0.15) is 17.4 Å². The molecule has 2 aliphatic rings. The molecule has 30 heavy (non-hydrogen) atoms. The van der Waals surface area contributed by atoms with Crippen LogP contribution in [0.4, 0.5) is 4.39 Å². The summed E-state index contributed by atoms with van der Waals surface area (Å²) >= 11 is 0. The van der Waals surface area contributed by atoms with E-state index < -0.39 is 27.6 Å². The molecule has 1 saturated heterocycles. The number of nitrogens with one attached hydrogen (secondary N) is 1. The van der Waals surface area contributed by atoms with E-state index in [-0.39, 0.29) is 31.4 Å². The van der Waals surface area contributed by atoms with Crippen LogP contribution >= 0.6 is 0 Å². The second-order valence-corrected chi connectivity index (χ2v) is 9.39. The van der Waals surface area contributed by atoms with Gasteiger partial charge in [-0.15, -0.1) is 0 Å². The Morgan fingerprint density at radius 3 is 2.33 bits per heavy atom. The molecule has 1 heterocycles. The van der Waals surface area contributed by atoms with E-state index in [0.717, 1.165) is 5.56 Å². The number of rotatable bonds is 7. The lowest BCUT2D eigenvalue weighted by Crippen LogP contribution is -2.53. The van der Waals surface area contributed by atoms with Crippen LogP contribution in [0.2, 0.25) is 0 Å². The highest BCUT2D eigenvalue weighted by Crippen LogP contribution is 2.52. The molecule has 2 N–H and O–H groups in total. The summed E-state index contributed by atoms with van der Waals surface area (Å²) < 4.78 is 48.3. The summed E-state index contributed by atoms with van der Waals surface area (Å²) in [6.45, 7) is 0.430. The predicted molar refractivity (Wildman–Crippen MR) is 108 cm³/mol. The highest BCUT2D eigenvalue weighted by molar-refractivity contribution is 7.87. The number of ether oxygens (including phenoxy) is 1. The monoisotopic (exact) mass is 434 g/mol. The van der Waals surface area contributed by atoms with Crippen LogP contribution in [0.25, 0.3) is 0 Å². The molecule has 0 aromatic heterocycles. The standard InChI is InChI=1S/C21H23FN2O5S/c22-16-6-8-17(9-7-16)29-18-10-12-24(13-11-18)30(27,28)23-21(20(25)26)14-19(21)15-4-2-1-3-5-15/h1-9,18-19,23H,10-14H2,(H,25,26). The number of hydrogen-bond donors (Lipinski definition) is 2. The minimum atomic E-state index is -3.97. The minimum Gasteiger partial charge on any atom is -0.490 e. The Hall–Kier alpha value is -2.49. The van der Waals surface area contributed by atoms with Crippen LogP contribution in [0.15, 0.2) is 54.6 Å². The molecule has 9 heteroatoms. The quantitative estimate of drug-likeness (QED) is 0.698. The molecule has 1 aliphatic heterocycles. The highest BCUT2D eigenvalue weighted by atomic mass is 32.2. The number of nitrogens with zero attached hydrogens (tertiary/aromatic N) is 1. The fourth-order valence-electron chi connectivity index (χ4n) is 3.93. The number of carboxylic acid groups (broad SMARTS) is 1. The zero-order valence-corrected chi connectivity index (χ0v) is 17.0. The van der Waals surface area contributed by atoms with Crippen molar-refractivity contribution in [3.05, 3.63) is 66.0 Å². The van der Waals surface area contributed by atoms with Gasteiger partial charge in [0.25, 0.3) is 10.2 Å². The van der Waals surface area contributed by atoms with Crippen molar-refractivity contribution in [3.8, 4) is 5.75 Å². The van der Waals surface area contributed by atoms with Gasteiger partial charge in [-0.05, 0) is 49.1 Å². The molecule has 7 nitrogen and oxygen atoms in total. The third kappa shape index (κ3) is 4.19. The van der Waals surface area contributed by atoms with E-state index in [4.69, 9.17) is 4.74 Å². The zero-order chi connectivity index (χ0) is 21.4. The van der Waals surface area contributed by atoms with Gasteiger partial charge in [0.1, 0.15) is 23.2 Å². The van der Waals surface area contributed by atoms with E-state index in [1.54, 1.807) is 12.1 Å². The van der Waals surface area contributed by atoms with Gasteiger partial charge in [-0.3, -0.25) is 4.79 Å². The average Bonchev–Trinajstić information content (AvgIpc) is 3.46. The van der Waals surface area contributed by atoms with Gasteiger partial charge in [0, 0.05) is 19.0 Å². The lowest BCUT2D eigenvalue weighted by Gasteiger charge is -2.32. The van der Waals surface area contributed by atoms with Gasteiger partial charge in [0.15, 0.2) is 0 Å². The van der Waals surface area contributed by atoms with E-state index in [2.05, 4.69) is 4.72 Å². The topological polar surface area (TPSA) is 95.9 Å². The predicted octanol–water partition coefficient (Wildman–Crippen LogP) is 2.51. The number of carbonyl (C=O) groups is 1. The number of carboxylic acids is 1. The number of hydrogen-bond acceptors (Lipinski definition) is 4. The van der Waals surface area contributed by atoms with Crippen molar-refractivity contribution in [2.24, 2.45) is 0 Å². The molecule has 160 valence electrons. The van der Waals surface area contributed by atoms with Crippen LogP contribution < -0.4 is 9.46 Å². The second-order valence-electron chi connectivity index (χ2n) is 7.72. The highest BCUT2D eigenvalue weighted by Gasteiger charge is 2.63. The third-order valence-corrected chi connectivity index (χ3v) is 7.38. The Bertz CT molecular complexity index is 1010. The Labute approximate surface area is 174 Å². The Morgan fingerprint density at radius 1 is 1.10 bits per heavy atom. The summed E-state index contributed by atoms with van der Waals surface area (Å²) in [5, 5.41) is 9.73. The van der Waals surface area contributed by atoms with Crippen LogP contribution in [0.5, 0.6) is 5.75 Å². The van der Waals surface area contributed by atoms with E-state index in [1.165, 1.54) is 28.6 Å². The molecule has 0 bridgehead atoms. The third-order valence-electron chi connectivity index (χ3n) is 5.71. The van der Waals surface area contributed by atoms with Crippen molar-refractivity contribution in [2.45, 2.75) is 36.8 Å². The number of halogens is 1.